The van der Waals surface area contributed by atoms with E-state index in [4.69, 9.17) is 16.3 Å². The minimum absolute atomic E-state index is 0.238. The van der Waals surface area contributed by atoms with Crippen molar-refractivity contribution in [3.63, 3.8) is 0 Å². The maximum atomic E-state index is 12.6. The summed E-state index contributed by atoms with van der Waals surface area (Å²) in [5.41, 5.74) is 0.393. The first kappa shape index (κ1) is 16.5. The highest BCUT2D eigenvalue weighted by Crippen LogP contribution is 2.25. The SMILES string of the molecule is CC(C)CN(C(=O)OC(C)(C)C)c1cc(Cl)nn2cnnc12. The Morgan fingerprint density at radius 3 is 2.73 bits per heavy atom. The Bertz CT molecular complexity index is 677. The highest BCUT2D eigenvalue weighted by Gasteiger charge is 2.26. The molecule has 8 heteroatoms. The molecule has 1 amide bonds. The third-order valence-corrected chi connectivity index (χ3v) is 2.86. The Morgan fingerprint density at radius 2 is 2.14 bits per heavy atom. The number of rotatable bonds is 3. The average Bonchev–Trinajstić information content (AvgIpc) is 2.80. The van der Waals surface area contributed by atoms with E-state index in [1.807, 2.05) is 34.6 Å². The smallest absolute Gasteiger partial charge is 0.414 e. The van der Waals surface area contributed by atoms with Crippen LogP contribution in [0.2, 0.25) is 5.15 Å². The predicted octanol–water partition coefficient (Wildman–Crippen LogP) is 3.18. The molecule has 22 heavy (non-hydrogen) atoms. The fourth-order valence-electron chi connectivity index (χ4n) is 1.93. The van der Waals surface area contributed by atoms with Gasteiger partial charge in [0.05, 0.1) is 5.69 Å². The van der Waals surface area contributed by atoms with Crippen LogP contribution in [0.15, 0.2) is 12.4 Å². The lowest BCUT2D eigenvalue weighted by molar-refractivity contribution is 0.0576. The van der Waals surface area contributed by atoms with E-state index < -0.39 is 11.7 Å². The van der Waals surface area contributed by atoms with E-state index >= 15 is 0 Å². The van der Waals surface area contributed by atoms with E-state index in [-0.39, 0.29) is 11.1 Å². The van der Waals surface area contributed by atoms with Crippen molar-refractivity contribution in [2.75, 3.05) is 11.4 Å². The summed E-state index contributed by atoms with van der Waals surface area (Å²) >= 11 is 6.03. The van der Waals surface area contributed by atoms with Crippen molar-refractivity contribution in [3.8, 4) is 0 Å². The zero-order chi connectivity index (χ0) is 16.5. The monoisotopic (exact) mass is 325 g/mol. The molecule has 0 saturated carbocycles. The molecule has 0 N–H and O–H groups in total. The van der Waals surface area contributed by atoms with Gasteiger partial charge in [-0.3, -0.25) is 4.90 Å². The van der Waals surface area contributed by atoms with Gasteiger partial charge in [0.25, 0.3) is 0 Å². The lowest BCUT2D eigenvalue weighted by atomic mass is 10.2. The number of carbonyl (C=O) groups excluding carboxylic acids is 1. The number of aromatic nitrogens is 4. The number of ether oxygens (including phenoxy) is 1. The number of anilines is 1. The molecule has 0 radical (unpaired) electrons. The van der Waals surface area contributed by atoms with Crippen molar-refractivity contribution < 1.29 is 9.53 Å². The molecule has 0 aliphatic carbocycles. The maximum absolute atomic E-state index is 12.6. The van der Waals surface area contributed by atoms with E-state index in [0.29, 0.717) is 17.9 Å². The quantitative estimate of drug-likeness (QED) is 0.866. The molecule has 2 aromatic rings. The van der Waals surface area contributed by atoms with Crippen molar-refractivity contribution in [1.82, 2.24) is 19.8 Å². The van der Waals surface area contributed by atoms with E-state index in [9.17, 15) is 4.79 Å². The van der Waals surface area contributed by atoms with Crippen LogP contribution in [0.1, 0.15) is 34.6 Å². The van der Waals surface area contributed by atoms with Gasteiger partial charge in [-0.1, -0.05) is 25.4 Å². The molecule has 0 bridgehead atoms. The summed E-state index contributed by atoms with van der Waals surface area (Å²) < 4.78 is 6.93. The van der Waals surface area contributed by atoms with E-state index in [1.165, 1.54) is 15.7 Å². The van der Waals surface area contributed by atoms with Crippen LogP contribution in [0, 0.1) is 5.92 Å². The number of hydrogen-bond acceptors (Lipinski definition) is 5. The summed E-state index contributed by atoms with van der Waals surface area (Å²) in [4.78, 5) is 14.1. The Labute approximate surface area is 134 Å². The van der Waals surface area contributed by atoms with Crippen LogP contribution in [0.5, 0.6) is 0 Å². The molecule has 0 unspecified atom stereocenters. The fourth-order valence-corrected chi connectivity index (χ4v) is 2.12. The second kappa shape index (κ2) is 6.08. The largest absolute Gasteiger partial charge is 0.443 e. The lowest BCUT2D eigenvalue weighted by Gasteiger charge is -2.28. The van der Waals surface area contributed by atoms with Crippen LogP contribution in [0.3, 0.4) is 0 Å². The van der Waals surface area contributed by atoms with Gasteiger partial charge in [-0.15, -0.1) is 10.2 Å². The van der Waals surface area contributed by atoms with Gasteiger partial charge in [0.2, 0.25) is 5.65 Å². The second-order valence-corrected chi connectivity index (χ2v) is 6.82. The van der Waals surface area contributed by atoms with Gasteiger partial charge in [-0.2, -0.15) is 9.61 Å². The van der Waals surface area contributed by atoms with Crippen LogP contribution in [0.25, 0.3) is 5.65 Å². The molecular formula is C14H20ClN5O2. The Hall–Kier alpha value is -1.89. The lowest BCUT2D eigenvalue weighted by Crippen LogP contribution is -2.39. The topological polar surface area (TPSA) is 72.6 Å². The number of hydrogen-bond donors (Lipinski definition) is 0. The average molecular weight is 326 g/mol. The molecule has 0 atom stereocenters. The van der Waals surface area contributed by atoms with Crippen LogP contribution < -0.4 is 4.90 Å². The molecular weight excluding hydrogens is 306 g/mol. The predicted molar refractivity (Wildman–Crippen MR) is 84.2 cm³/mol. The summed E-state index contributed by atoms with van der Waals surface area (Å²) in [6.07, 6.45) is 0.987. The Balaban J connectivity index is 2.47. The molecule has 7 nitrogen and oxygen atoms in total. The Kier molecular flexibility index (Phi) is 4.55. The molecule has 0 aliphatic heterocycles. The van der Waals surface area contributed by atoms with Gasteiger partial charge in [0.15, 0.2) is 5.15 Å². The minimum atomic E-state index is -0.590. The van der Waals surface area contributed by atoms with Crippen LogP contribution in [-0.2, 0) is 4.74 Å². The van der Waals surface area contributed by atoms with Crippen molar-refractivity contribution in [1.29, 1.82) is 0 Å². The molecule has 0 fully saturated rings. The first-order valence-corrected chi connectivity index (χ1v) is 7.42. The van der Waals surface area contributed by atoms with E-state index in [1.54, 1.807) is 6.07 Å². The van der Waals surface area contributed by atoms with Gasteiger partial charge in [0, 0.05) is 12.6 Å². The first-order valence-electron chi connectivity index (χ1n) is 7.04. The molecule has 0 aromatic carbocycles. The second-order valence-electron chi connectivity index (χ2n) is 6.44. The highest BCUT2D eigenvalue weighted by atomic mass is 35.5. The van der Waals surface area contributed by atoms with Gasteiger partial charge in [-0.25, -0.2) is 4.79 Å². The molecule has 0 saturated heterocycles. The Morgan fingerprint density at radius 1 is 1.45 bits per heavy atom. The number of nitrogens with zero attached hydrogens (tertiary/aromatic N) is 5. The van der Waals surface area contributed by atoms with Crippen molar-refractivity contribution in [2.45, 2.75) is 40.2 Å². The summed E-state index contributed by atoms with van der Waals surface area (Å²) in [6.45, 7) is 9.97. The molecule has 0 spiro atoms. The number of fused-ring (bicyclic) bond motifs is 1. The van der Waals surface area contributed by atoms with Gasteiger partial charge < -0.3 is 4.74 Å². The summed E-state index contributed by atoms with van der Waals surface area (Å²) in [5.74, 6) is 0.238. The van der Waals surface area contributed by atoms with Crippen LogP contribution in [-0.4, -0.2) is 38.1 Å². The maximum Gasteiger partial charge on any atom is 0.414 e. The molecule has 0 aliphatic rings. The number of carbonyl (C=O) groups is 1. The number of halogens is 1. The minimum Gasteiger partial charge on any atom is -0.443 e. The summed E-state index contributed by atoms with van der Waals surface area (Å²) in [5, 5.41) is 12.1. The standard InChI is InChI=1S/C14H20ClN5O2/c1-9(2)7-19(13(21)22-14(3,4)5)10-6-11(15)18-20-8-16-17-12(10)20/h6,8-9H,7H2,1-5H3. The molecule has 2 aromatic heterocycles. The number of amides is 1. The molecule has 2 rings (SSSR count). The normalized spacial score (nSPS) is 12.0. The summed E-state index contributed by atoms with van der Waals surface area (Å²) in [6, 6.07) is 1.60. The van der Waals surface area contributed by atoms with Crippen molar-refractivity contribution in [3.05, 3.63) is 17.5 Å². The van der Waals surface area contributed by atoms with Gasteiger partial charge in [0.1, 0.15) is 11.9 Å². The summed E-state index contributed by atoms with van der Waals surface area (Å²) in [7, 11) is 0. The third-order valence-electron chi connectivity index (χ3n) is 2.67. The van der Waals surface area contributed by atoms with E-state index in [2.05, 4.69) is 15.3 Å². The van der Waals surface area contributed by atoms with Gasteiger partial charge in [-0.05, 0) is 26.7 Å². The molecule has 2 heterocycles. The van der Waals surface area contributed by atoms with Gasteiger partial charge >= 0.3 is 6.09 Å². The zero-order valence-corrected chi connectivity index (χ0v) is 14.1. The molecule has 120 valence electrons. The van der Waals surface area contributed by atoms with Crippen molar-refractivity contribution >= 4 is 29.0 Å². The fraction of sp³-hybridized carbons (Fsp3) is 0.571. The third kappa shape index (κ3) is 3.85. The van der Waals surface area contributed by atoms with Crippen LogP contribution >= 0.6 is 11.6 Å². The highest BCUT2D eigenvalue weighted by molar-refractivity contribution is 6.29. The zero-order valence-electron chi connectivity index (χ0n) is 13.4. The van der Waals surface area contributed by atoms with Crippen LogP contribution in [0.4, 0.5) is 10.5 Å². The van der Waals surface area contributed by atoms with E-state index in [0.717, 1.165) is 0 Å². The van der Waals surface area contributed by atoms with Crippen molar-refractivity contribution in [2.24, 2.45) is 5.92 Å². The first-order chi connectivity index (χ1) is 10.2.